The monoisotopic (exact) mass is 265 g/mol. The van der Waals surface area contributed by atoms with Crippen molar-refractivity contribution in [3.63, 3.8) is 0 Å². The Morgan fingerprint density at radius 1 is 1.64 bits per heavy atom. The molecule has 0 saturated carbocycles. The topological polar surface area (TPSA) is 64.7 Å². The molecule has 0 spiro atoms. The van der Waals surface area contributed by atoms with Gasteiger partial charge in [-0.05, 0) is 15.9 Å². The summed E-state index contributed by atoms with van der Waals surface area (Å²) in [4.78, 5) is 4.27. The first-order valence-corrected chi connectivity index (χ1v) is 4.46. The van der Waals surface area contributed by atoms with Crippen molar-refractivity contribution in [2.24, 2.45) is 5.90 Å². The maximum absolute atomic E-state index is 13.4. The van der Waals surface area contributed by atoms with Gasteiger partial charge in [-0.25, -0.2) is 10.3 Å². The zero-order valence-corrected chi connectivity index (χ0v) is 8.97. The van der Waals surface area contributed by atoms with Crippen molar-refractivity contribution in [2.75, 3.05) is 7.11 Å². The quantitative estimate of drug-likeness (QED) is 0.817. The van der Waals surface area contributed by atoms with E-state index >= 15 is 0 Å². The molecule has 0 fully saturated rings. The molecule has 6 heteroatoms. The second-order valence-electron chi connectivity index (χ2n) is 2.51. The summed E-state index contributed by atoms with van der Waals surface area (Å²) in [5.41, 5.74) is -0.0428. The predicted octanol–water partition coefficient (Wildman–Crippen LogP) is 1.69. The molecule has 0 aromatic heterocycles. The average molecular weight is 266 g/mol. The predicted molar refractivity (Wildman–Crippen MR) is 51.3 cm³/mol. The van der Waals surface area contributed by atoms with E-state index in [0.29, 0.717) is 0 Å². The Kier molecular flexibility index (Phi) is 3.68. The van der Waals surface area contributed by atoms with E-state index in [1.807, 2.05) is 0 Å². The van der Waals surface area contributed by atoms with Gasteiger partial charge in [0.1, 0.15) is 5.82 Å². The molecule has 0 radical (unpaired) electrons. The first-order valence-electron chi connectivity index (χ1n) is 3.67. The van der Waals surface area contributed by atoms with Gasteiger partial charge in [-0.15, -0.1) is 0 Å². The molecule has 0 aliphatic rings. The maximum atomic E-state index is 13.4. The van der Waals surface area contributed by atoms with E-state index in [1.165, 1.54) is 13.2 Å². The molecule has 14 heavy (non-hydrogen) atoms. The van der Waals surface area contributed by atoms with Crippen LogP contribution in [0.5, 0.6) is 11.5 Å². The molecule has 0 atom stereocenters. The number of nitrogens with two attached hydrogens (primary N) is 1. The van der Waals surface area contributed by atoms with Crippen molar-refractivity contribution in [3.8, 4) is 11.5 Å². The van der Waals surface area contributed by atoms with Gasteiger partial charge in [0, 0.05) is 6.07 Å². The molecule has 0 saturated heterocycles. The van der Waals surface area contributed by atoms with E-state index in [0.717, 1.165) is 0 Å². The van der Waals surface area contributed by atoms with Gasteiger partial charge in [-0.3, -0.25) is 4.84 Å². The third-order valence-corrected chi connectivity index (χ3v) is 2.28. The summed E-state index contributed by atoms with van der Waals surface area (Å²) in [6.45, 7) is -0.229. The molecule has 0 unspecified atom stereocenters. The van der Waals surface area contributed by atoms with Crippen LogP contribution >= 0.6 is 15.9 Å². The summed E-state index contributed by atoms with van der Waals surface area (Å²) in [6, 6.07) is 1.32. The highest BCUT2D eigenvalue weighted by molar-refractivity contribution is 9.10. The Balaban J connectivity index is 3.29. The minimum absolute atomic E-state index is 0.0428. The van der Waals surface area contributed by atoms with Crippen LogP contribution < -0.4 is 10.6 Å². The second kappa shape index (κ2) is 4.59. The van der Waals surface area contributed by atoms with Crippen LogP contribution in [0.3, 0.4) is 0 Å². The lowest BCUT2D eigenvalue weighted by molar-refractivity contribution is 0.119. The third-order valence-electron chi connectivity index (χ3n) is 1.70. The fourth-order valence-electron chi connectivity index (χ4n) is 1.01. The Morgan fingerprint density at radius 2 is 2.29 bits per heavy atom. The van der Waals surface area contributed by atoms with E-state index in [9.17, 15) is 9.50 Å². The van der Waals surface area contributed by atoms with Gasteiger partial charge in [-0.1, -0.05) is 0 Å². The van der Waals surface area contributed by atoms with Gasteiger partial charge in [0.15, 0.2) is 11.5 Å². The summed E-state index contributed by atoms with van der Waals surface area (Å²) in [5, 5.41) is 9.50. The van der Waals surface area contributed by atoms with Crippen LogP contribution in [-0.4, -0.2) is 12.2 Å². The zero-order chi connectivity index (χ0) is 10.7. The summed E-state index contributed by atoms with van der Waals surface area (Å²) >= 11 is 2.98. The largest absolute Gasteiger partial charge is 0.504 e. The van der Waals surface area contributed by atoms with E-state index < -0.39 is 5.82 Å². The smallest absolute Gasteiger partial charge is 0.166 e. The van der Waals surface area contributed by atoms with Gasteiger partial charge in [-0.2, -0.15) is 0 Å². The number of phenolic OH excluding ortho intramolecular Hbond substituents is 1. The summed E-state index contributed by atoms with van der Waals surface area (Å²) in [6.07, 6.45) is 0. The molecule has 1 aromatic rings. The van der Waals surface area contributed by atoms with Crippen LogP contribution in [-0.2, 0) is 11.4 Å². The molecule has 1 rings (SSSR count). The number of phenols is 1. The first-order chi connectivity index (χ1) is 6.61. The van der Waals surface area contributed by atoms with Gasteiger partial charge in [0.25, 0.3) is 0 Å². The fraction of sp³-hybridized carbons (Fsp3) is 0.250. The van der Waals surface area contributed by atoms with Crippen molar-refractivity contribution in [2.45, 2.75) is 6.61 Å². The molecule has 0 heterocycles. The summed E-state index contributed by atoms with van der Waals surface area (Å²) in [5.74, 6) is 4.04. The number of methoxy groups -OCH3 is 1. The number of aromatic hydroxyl groups is 1. The number of halogens is 2. The van der Waals surface area contributed by atoms with Crippen LogP contribution in [0.25, 0.3) is 0 Å². The molecular weight excluding hydrogens is 257 g/mol. The number of hydrogen-bond acceptors (Lipinski definition) is 4. The van der Waals surface area contributed by atoms with Crippen LogP contribution in [0, 0.1) is 5.82 Å². The highest BCUT2D eigenvalue weighted by Crippen LogP contribution is 2.36. The normalized spacial score (nSPS) is 10.3. The van der Waals surface area contributed by atoms with E-state index in [4.69, 9.17) is 10.6 Å². The van der Waals surface area contributed by atoms with Crippen LogP contribution in [0.4, 0.5) is 4.39 Å². The van der Waals surface area contributed by atoms with Crippen molar-refractivity contribution in [3.05, 3.63) is 21.9 Å². The van der Waals surface area contributed by atoms with E-state index in [2.05, 4.69) is 20.8 Å². The number of rotatable bonds is 3. The first kappa shape index (κ1) is 11.2. The number of hydrogen-bond donors (Lipinski definition) is 2. The molecule has 0 amide bonds. The minimum atomic E-state index is -0.617. The standard InChI is InChI=1S/C8H9BrFNO3/c1-13-6-2-5(9)7(10)4(3-14-11)8(6)12/h2,12H,3,11H2,1H3. The van der Waals surface area contributed by atoms with Crippen LogP contribution in [0.1, 0.15) is 5.56 Å². The Labute approximate surface area is 88.5 Å². The van der Waals surface area contributed by atoms with E-state index in [1.54, 1.807) is 0 Å². The molecular formula is C8H9BrFNO3. The van der Waals surface area contributed by atoms with Crippen molar-refractivity contribution in [1.29, 1.82) is 0 Å². The molecule has 3 N–H and O–H groups in total. The Hall–Kier alpha value is -0.850. The van der Waals surface area contributed by atoms with Crippen molar-refractivity contribution in [1.82, 2.24) is 0 Å². The van der Waals surface area contributed by atoms with Gasteiger partial charge in [0.2, 0.25) is 0 Å². The molecule has 0 aliphatic carbocycles. The Morgan fingerprint density at radius 3 is 2.79 bits per heavy atom. The second-order valence-corrected chi connectivity index (χ2v) is 3.37. The lowest BCUT2D eigenvalue weighted by atomic mass is 10.2. The lowest BCUT2D eigenvalue weighted by Crippen LogP contribution is -2.03. The van der Waals surface area contributed by atoms with Crippen molar-refractivity contribution >= 4 is 15.9 Å². The molecule has 0 bridgehead atoms. The lowest BCUT2D eigenvalue weighted by Gasteiger charge is -2.10. The highest BCUT2D eigenvalue weighted by atomic mass is 79.9. The van der Waals surface area contributed by atoms with E-state index in [-0.39, 0.29) is 28.1 Å². The van der Waals surface area contributed by atoms with Gasteiger partial charge >= 0.3 is 0 Å². The van der Waals surface area contributed by atoms with Crippen molar-refractivity contribution < 1.29 is 19.1 Å². The van der Waals surface area contributed by atoms with Gasteiger partial charge < -0.3 is 9.84 Å². The van der Waals surface area contributed by atoms with Gasteiger partial charge in [0.05, 0.1) is 23.8 Å². The fourth-order valence-corrected chi connectivity index (χ4v) is 1.46. The maximum Gasteiger partial charge on any atom is 0.166 e. The number of ether oxygens (including phenoxy) is 1. The highest BCUT2D eigenvalue weighted by Gasteiger charge is 2.17. The zero-order valence-electron chi connectivity index (χ0n) is 7.38. The SMILES string of the molecule is COc1cc(Br)c(F)c(CON)c1O. The molecule has 78 valence electrons. The summed E-state index contributed by atoms with van der Waals surface area (Å²) < 4.78 is 18.4. The number of benzene rings is 1. The average Bonchev–Trinajstić information content (AvgIpc) is 2.18. The van der Waals surface area contributed by atoms with Crippen LogP contribution in [0.2, 0.25) is 0 Å². The summed E-state index contributed by atoms with van der Waals surface area (Å²) in [7, 11) is 1.37. The Bertz CT molecular complexity index is 346. The molecule has 1 aromatic carbocycles. The van der Waals surface area contributed by atoms with Crippen LogP contribution in [0.15, 0.2) is 10.5 Å². The molecule has 0 aliphatic heterocycles. The third kappa shape index (κ3) is 1.97. The minimum Gasteiger partial charge on any atom is -0.504 e. The molecule has 4 nitrogen and oxygen atoms in total.